The molecule has 7 nitrogen and oxygen atoms in total. The van der Waals surface area contributed by atoms with Crippen LogP contribution in [0.5, 0.6) is 0 Å². The lowest BCUT2D eigenvalue weighted by molar-refractivity contribution is -0.138. The summed E-state index contributed by atoms with van der Waals surface area (Å²) < 4.78 is 15.6. The molecule has 0 aromatic heterocycles. The summed E-state index contributed by atoms with van der Waals surface area (Å²) in [5.74, 6) is -0.170. The van der Waals surface area contributed by atoms with Crippen molar-refractivity contribution < 1.29 is 23.8 Å². The van der Waals surface area contributed by atoms with Crippen molar-refractivity contribution in [3.63, 3.8) is 0 Å². The number of methoxy groups -OCH3 is 1. The van der Waals surface area contributed by atoms with E-state index in [4.69, 9.17) is 14.2 Å². The standard InChI is InChI=1S/C14H26N2O5/c1-14(2)13(18)16(5-4-12(17)15-14)6-7-20-10-11-21-9-8-19-3/h4-11H2,1-3H3,(H,15,17). The molecule has 0 radical (unpaired) electrons. The van der Waals surface area contributed by atoms with Crippen molar-refractivity contribution in [1.82, 2.24) is 10.2 Å². The average molecular weight is 302 g/mol. The van der Waals surface area contributed by atoms with E-state index in [-0.39, 0.29) is 11.8 Å². The summed E-state index contributed by atoms with van der Waals surface area (Å²) in [5, 5.41) is 2.73. The Morgan fingerprint density at radius 2 is 1.71 bits per heavy atom. The molecule has 1 aliphatic heterocycles. The van der Waals surface area contributed by atoms with Gasteiger partial charge in [0.1, 0.15) is 5.54 Å². The number of amides is 2. The average Bonchev–Trinajstić information content (AvgIpc) is 2.52. The minimum atomic E-state index is -0.850. The van der Waals surface area contributed by atoms with E-state index in [0.29, 0.717) is 52.5 Å². The van der Waals surface area contributed by atoms with Crippen molar-refractivity contribution in [3.05, 3.63) is 0 Å². The van der Waals surface area contributed by atoms with Crippen molar-refractivity contribution in [2.75, 3.05) is 53.2 Å². The maximum absolute atomic E-state index is 12.3. The maximum Gasteiger partial charge on any atom is 0.247 e. The Balaban J connectivity index is 2.21. The summed E-state index contributed by atoms with van der Waals surface area (Å²) in [5.41, 5.74) is -0.850. The second-order valence-corrected chi connectivity index (χ2v) is 5.43. The van der Waals surface area contributed by atoms with Crippen LogP contribution in [0.4, 0.5) is 0 Å². The lowest BCUT2D eigenvalue weighted by Gasteiger charge is -2.28. The molecule has 1 fully saturated rings. The topological polar surface area (TPSA) is 77.1 Å². The monoisotopic (exact) mass is 302 g/mol. The number of hydrogen-bond donors (Lipinski definition) is 1. The van der Waals surface area contributed by atoms with Crippen LogP contribution in [0, 0.1) is 0 Å². The minimum Gasteiger partial charge on any atom is -0.382 e. The zero-order valence-electron chi connectivity index (χ0n) is 13.1. The lowest BCUT2D eigenvalue weighted by atomic mass is 10.0. The van der Waals surface area contributed by atoms with Crippen LogP contribution in [0.2, 0.25) is 0 Å². The van der Waals surface area contributed by atoms with Gasteiger partial charge in [-0.15, -0.1) is 0 Å². The molecule has 122 valence electrons. The van der Waals surface area contributed by atoms with Crippen LogP contribution in [0.3, 0.4) is 0 Å². The number of carbonyl (C=O) groups excluding carboxylic acids is 2. The Kier molecular flexibility index (Phi) is 7.63. The Morgan fingerprint density at radius 1 is 1.10 bits per heavy atom. The van der Waals surface area contributed by atoms with Crippen molar-refractivity contribution in [3.8, 4) is 0 Å². The quantitative estimate of drug-likeness (QED) is 0.597. The Bertz CT molecular complexity index is 346. The molecule has 0 aliphatic carbocycles. The van der Waals surface area contributed by atoms with Gasteiger partial charge in [0, 0.05) is 26.6 Å². The van der Waals surface area contributed by atoms with E-state index >= 15 is 0 Å². The largest absolute Gasteiger partial charge is 0.382 e. The third kappa shape index (κ3) is 6.41. The SMILES string of the molecule is COCCOCCOCCN1CCC(=O)NC(C)(C)C1=O. The molecule has 1 N–H and O–H groups in total. The van der Waals surface area contributed by atoms with Crippen molar-refractivity contribution in [1.29, 1.82) is 0 Å². The number of carbonyl (C=O) groups is 2. The number of nitrogens with zero attached hydrogens (tertiary/aromatic N) is 1. The van der Waals surface area contributed by atoms with Gasteiger partial charge in [-0.3, -0.25) is 9.59 Å². The van der Waals surface area contributed by atoms with Crippen LogP contribution in [0.1, 0.15) is 20.3 Å². The van der Waals surface area contributed by atoms with Crippen molar-refractivity contribution >= 4 is 11.8 Å². The Hall–Kier alpha value is -1.18. The van der Waals surface area contributed by atoms with Gasteiger partial charge in [0.15, 0.2) is 0 Å². The molecule has 1 heterocycles. The highest BCUT2D eigenvalue weighted by atomic mass is 16.5. The second kappa shape index (κ2) is 8.96. The first-order valence-electron chi connectivity index (χ1n) is 7.22. The fourth-order valence-corrected chi connectivity index (χ4v) is 2.05. The molecule has 21 heavy (non-hydrogen) atoms. The molecule has 2 amide bonds. The molecule has 0 saturated carbocycles. The van der Waals surface area contributed by atoms with Crippen LogP contribution < -0.4 is 5.32 Å². The molecule has 1 aliphatic rings. The zero-order valence-corrected chi connectivity index (χ0v) is 13.1. The summed E-state index contributed by atoms with van der Waals surface area (Å²) in [4.78, 5) is 25.5. The van der Waals surface area contributed by atoms with E-state index in [1.165, 1.54) is 0 Å². The third-order valence-corrected chi connectivity index (χ3v) is 3.19. The number of hydrogen-bond acceptors (Lipinski definition) is 5. The summed E-state index contributed by atoms with van der Waals surface area (Å²) >= 11 is 0. The van der Waals surface area contributed by atoms with Gasteiger partial charge in [-0.2, -0.15) is 0 Å². The molecule has 0 spiro atoms. The molecule has 0 atom stereocenters. The van der Waals surface area contributed by atoms with Gasteiger partial charge in [-0.1, -0.05) is 0 Å². The van der Waals surface area contributed by atoms with Crippen LogP contribution in [0.25, 0.3) is 0 Å². The van der Waals surface area contributed by atoms with E-state index in [1.54, 1.807) is 25.9 Å². The molecular formula is C14H26N2O5. The highest BCUT2D eigenvalue weighted by molar-refractivity contribution is 5.92. The highest BCUT2D eigenvalue weighted by Gasteiger charge is 2.36. The van der Waals surface area contributed by atoms with E-state index in [0.717, 1.165) is 0 Å². The van der Waals surface area contributed by atoms with Gasteiger partial charge in [-0.05, 0) is 13.8 Å². The van der Waals surface area contributed by atoms with Crippen LogP contribution in [0.15, 0.2) is 0 Å². The fraction of sp³-hybridized carbons (Fsp3) is 0.857. The van der Waals surface area contributed by atoms with E-state index in [2.05, 4.69) is 5.32 Å². The first-order valence-corrected chi connectivity index (χ1v) is 7.22. The minimum absolute atomic E-state index is 0.0757. The Labute approximate surface area is 125 Å². The molecule has 7 heteroatoms. The molecule has 1 rings (SSSR count). The van der Waals surface area contributed by atoms with Crippen molar-refractivity contribution in [2.45, 2.75) is 25.8 Å². The van der Waals surface area contributed by atoms with Gasteiger partial charge in [0.25, 0.3) is 0 Å². The molecule has 0 bridgehead atoms. The first kappa shape index (κ1) is 17.9. The number of nitrogens with one attached hydrogen (secondary N) is 1. The van der Waals surface area contributed by atoms with Gasteiger partial charge < -0.3 is 24.4 Å². The van der Waals surface area contributed by atoms with Crippen LogP contribution in [-0.2, 0) is 23.8 Å². The predicted octanol–water partition coefficient (Wildman–Crippen LogP) is -0.207. The van der Waals surface area contributed by atoms with E-state index < -0.39 is 5.54 Å². The molecular weight excluding hydrogens is 276 g/mol. The summed E-state index contributed by atoms with van der Waals surface area (Å²) in [6.45, 7) is 6.88. The lowest BCUT2D eigenvalue weighted by Crippen LogP contribution is -2.53. The second-order valence-electron chi connectivity index (χ2n) is 5.43. The molecule has 0 aromatic carbocycles. The van der Waals surface area contributed by atoms with Gasteiger partial charge in [0.05, 0.1) is 33.0 Å². The van der Waals surface area contributed by atoms with Gasteiger partial charge in [-0.25, -0.2) is 0 Å². The van der Waals surface area contributed by atoms with Gasteiger partial charge >= 0.3 is 0 Å². The summed E-state index contributed by atoms with van der Waals surface area (Å²) in [6.07, 6.45) is 0.329. The number of ether oxygens (including phenoxy) is 3. The molecule has 1 saturated heterocycles. The normalized spacial score (nSPS) is 18.5. The first-order chi connectivity index (χ1) is 9.97. The van der Waals surface area contributed by atoms with Crippen LogP contribution >= 0.6 is 0 Å². The molecule has 0 aromatic rings. The van der Waals surface area contributed by atoms with E-state index in [1.807, 2.05) is 0 Å². The van der Waals surface area contributed by atoms with Gasteiger partial charge in [0.2, 0.25) is 11.8 Å². The fourth-order valence-electron chi connectivity index (χ4n) is 2.05. The predicted molar refractivity (Wildman–Crippen MR) is 76.9 cm³/mol. The van der Waals surface area contributed by atoms with Crippen LogP contribution in [-0.4, -0.2) is 75.5 Å². The maximum atomic E-state index is 12.3. The smallest absolute Gasteiger partial charge is 0.247 e. The zero-order chi connectivity index (χ0) is 15.7. The number of rotatable bonds is 9. The van der Waals surface area contributed by atoms with E-state index in [9.17, 15) is 9.59 Å². The molecule has 0 unspecified atom stereocenters. The summed E-state index contributed by atoms with van der Waals surface area (Å²) in [6, 6.07) is 0. The highest BCUT2D eigenvalue weighted by Crippen LogP contribution is 2.12. The summed E-state index contributed by atoms with van der Waals surface area (Å²) in [7, 11) is 1.62. The third-order valence-electron chi connectivity index (χ3n) is 3.19. The van der Waals surface area contributed by atoms with Crippen molar-refractivity contribution in [2.24, 2.45) is 0 Å². The Morgan fingerprint density at radius 3 is 2.38 bits per heavy atom.